The molecule has 0 radical (unpaired) electrons. The second kappa shape index (κ2) is 7.00. The van der Waals surface area contributed by atoms with Gasteiger partial charge in [0.15, 0.2) is 7.14 Å². The summed E-state index contributed by atoms with van der Waals surface area (Å²) in [6.07, 6.45) is 0. The highest BCUT2D eigenvalue weighted by Crippen LogP contribution is 2.08. The van der Waals surface area contributed by atoms with Crippen molar-refractivity contribution in [3.63, 3.8) is 0 Å². The Kier molecular flexibility index (Phi) is 5.32. The van der Waals surface area contributed by atoms with Crippen molar-refractivity contribution in [3.8, 4) is 5.75 Å². The number of halogens is 2. The van der Waals surface area contributed by atoms with E-state index in [-0.39, 0.29) is 21.2 Å². The molecule has 0 aliphatic rings. The normalized spacial score (nSPS) is 10.3. The predicted octanol–water partition coefficient (Wildman–Crippen LogP) is 0.741. The molecule has 94 valence electrons. The summed E-state index contributed by atoms with van der Waals surface area (Å²) in [5.41, 5.74) is 1.31. The summed E-state index contributed by atoms with van der Waals surface area (Å²) >= 11 is 5.49. The first-order valence-corrected chi connectivity index (χ1v) is 8.47. The standard InChI is InChI=1S/C15H15ClIO/c1-12-2-4-13(5-3-12)17-14-6-8-15(9-7-14)18-11-10-16/h2-9H,10-11H2,1H3/q+1. The van der Waals surface area contributed by atoms with Gasteiger partial charge < -0.3 is 4.74 Å². The lowest BCUT2D eigenvalue weighted by Gasteiger charge is -2.01. The first-order valence-electron chi connectivity index (χ1n) is 5.78. The molecule has 0 aliphatic carbocycles. The summed E-state index contributed by atoms with van der Waals surface area (Å²) in [6.45, 7) is 2.68. The molecule has 0 saturated heterocycles. The Morgan fingerprint density at radius 1 is 0.944 bits per heavy atom. The third kappa shape index (κ3) is 4.18. The van der Waals surface area contributed by atoms with E-state index in [2.05, 4.69) is 43.3 Å². The van der Waals surface area contributed by atoms with Gasteiger partial charge in [-0.2, -0.15) is 0 Å². The fourth-order valence-corrected chi connectivity index (χ4v) is 3.71. The number of rotatable bonds is 5. The first kappa shape index (κ1) is 13.7. The Bertz CT molecular complexity index is 479. The van der Waals surface area contributed by atoms with E-state index in [1.54, 1.807) is 0 Å². The number of alkyl halides is 1. The van der Waals surface area contributed by atoms with E-state index in [1.165, 1.54) is 12.7 Å². The molecule has 0 aliphatic heterocycles. The van der Waals surface area contributed by atoms with E-state index in [1.807, 2.05) is 12.1 Å². The topological polar surface area (TPSA) is 9.23 Å². The zero-order chi connectivity index (χ0) is 12.8. The zero-order valence-corrected chi connectivity index (χ0v) is 13.1. The van der Waals surface area contributed by atoms with Crippen molar-refractivity contribution in [2.45, 2.75) is 6.92 Å². The molecule has 0 amide bonds. The summed E-state index contributed by atoms with van der Waals surface area (Å²) in [5, 5.41) is 0. The number of benzene rings is 2. The van der Waals surface area contributed by atoms with Crippen LogP contribution in [0.3, 0.4) is 0 Å². The van der Waals surface area contributed by atoms with Crippen molar-refractivity contribution in [3.05, 3.63) is 61.2 Å². The van der Waals surface area contributed by atoms with Crippen LogP contribution in [0.2, 0.25) is 0 Å². The lowest BCUT2D eigenvalue weighted by Crippen LogP contribution is -3.61. The van der Waals surface area contributed by atoms with Crippen LogP contribution in [-0.4, -0.2) is 12.5 Å². The van der Waals surface area contributed by atoms with Crippen molar-refractivity contribution in [2.75, 3.05) is 12.5 Å². The van der Waals surface area contributed by atoms with Gasteiger partial charge in [0.05, 0.1) is 5.88 Å². The Labute approximate surface area is 123 Å². The van der Waals surface area contributed by atoms with Gasteiger partial charge in [-0.15, -0.1) is 11.6 Å². The maximum Gasteiger partial charge on any atom is 0.357 e. The Hall–Kier alpha value is -0.740. The third-order valence-corrected chi connectivity index (χ3v) is 5.23. The fourth-order valence-electron chi connectivity index (χ4n) is 1.47. The number of ether oxygens (including phenoxy) is 1. The van der Waals surface area contributed by atoms with Crippen LogP contribution < -0.4 is 25.9 Å². The molecule has 0 fully saturated rings. The summed E-state index contributed by atoms with van der Waals surface area (Å²) in [5.74, 6) is 1.42. The monoisotopic (exact) mass is 373 g/mol. The maximum absolute atomic E-state index is 5.58. The Morgan fingerprint density at radius 3 is 2.06 bits per heavy atom. The highest BCUT2D eigenvalue weighted by molar-refractivity contribution is 6.17. The van der Waals surface area contributed by atoms with E-state index in [9.17, 15) is 0 Å². The van der Waals surface area contributed by atoms with Gasteiger partial charge in [-0.1, -0.05) is 17.7 Å². The Morgan fingerprint density at radius 2 is 1.50 bits per heavy atom. The minimum absolute atomic E-state index is 0.0921. The van der Waals surface area contributed by atoms with E-state index < -0.39 is 0 Å². The average molecular weight is 374 g/mol. The first-order chi connectivity index (χ1) is 8.78. The molecule has 0 saturated carbocycles. The lowest BCUT2D eigenvalue weighted by molar-refractivity contribution is -0.597. The van der Waals surface area contributed by atoms with Gasteiger partial charge in [-0.25, -0.2) is 0 Å². The fraction of sp³-hybridized carbons (Fsp3) is 0.200. The molecule has 2 aromatic rings. The molecule has 0 spiro atoms. The van der Waals surface area contributed by atoms with Crippen molar-refractivity contribution in [2.24, 2.45) is 0 Å². The summed E-state index contributed by atoms with van der Waals surface area (Å²) in [4.78, 5) is 0. The molecule has 0 atom stereocenters. The molecule has 18 heavy (non-hydrogen) atoms. The second-order valence-corrected chi connectivity index (χ2v) is 7.29. The van der Waals surface area contributed by atoms with Gasteiger partial charge in [0.2, 0.25) is 0 Å². The van der Waals surface area contributed by atoms with E-state index in [4.69, 9.17) is 16.3 Å². The van der Waals surface area contributed by atoms with Crippen LogP contribution in [0.5, 0.6) is 5.75 Å². The Balaban J connectivity index is 1.99. The molecular formula is C15H15ClIO+. The molecule has 2 aromatic carbocycles. The molecule has 1 nitrogen and oxygen atoms in total. The number of hydrogen-bond donors (Lipinski definition) is 0. The molecule has 0 bridgehead atoms. The number of hydrogen-bond acceptors (Lipinski definition) is 1. The van der Waals surface area contributed by atoms with Gasteiger partial charge in [-0.3, -0.25) is 0 Å². The van der Waals surface area contributed by atoms with Crippen molar-refractivity contribution in [1.29, 1.82) is 0 Å². The van der Waals surface area contributed by atoms with E-state index in [0.717, 1.165) is 5.75 Å². The predicted molar refractivity (Wildman–Crippen MR) is 71.2 cm³/mol. The van der Waals surface area contributed by atoms with Crippen LogP contribution in [0.1, 0.15) is 5.56 Å². The molecule has 3 heteroatoms. The van der Waals surface area contributed by atoms with Crippen molar-refractivity contribution in [1.82, 2.24) is 0 Å². The van der Waals surface area contributed by atoms with Crippen LogP contribution >= 0.6 is 11.6 Å². The van der Waals surface area contributed by atoms with Gasteiger partial charge >= 0.3 is 21.2 Å². The molecule has 0 unspecified atom stereocenters. The van der Waals surface area contributed by atoms with Gasteiger partial charge in [0.1, 0.15) is 12.4 Å². The molecule has 0 aromatic heterocycles. The van der Waals surface area contributed by atoms with Crippen molar-refractivity contribution >= 4 is 11.6 Å². The summed E-state index contributed by atoms with van der Waals surface area (Å²) in [6, 6.07) is 17.1. The van der Waals surface area contributed by atoms with Gasteiger partial charge in [0.25, 0.3) is 0 Å². The van der Waals surface area contributed by atoms with Crippen LogP contribution in [0.25, 0.3) is 0 Å². The van der Waals surface area contributed by atoms with Crippen LogP contribution in [0.4, 0.5) is 0 Å². The SMILES string of the molecule is Cc1ccc([I+]c2ccc(OCCCl)cc2)cc1. The zero-order valence-electron chi connectivity index (χ0n) is 10.2. The van der Waals surface area contributed by atoms with Gasteiger partial charge in [-0.05, 0) is 43.3 Å². The maximum atomic E-state index is 5.58. The average Bonchev–Trinajstić information content (AvgIpc) is 2.41. The minimum Gasteiger partial charge on any atom is -0.492 e. The van der Waals surface area contributed by atoms with Crippen LogP contribution in [0.15, 0.2) is 48.5 Å². The summed E-state index contributed by atoms with van der Waals surface area (Å²) in [7, 11) is 0. The molecular weight excluding hydrogens is 359 g/mol. The summed E-state index contributed by atoms with van der Waals surface area (Å²) < 4.78 is 8.29. The third-order valence-electron chi connectivity index (χ3n) is 2.39. The lowest BCUT2D eigenvalue weighted by atomic mass is 10.2. The van der Waals surface area contributed by atoms with Crippen LogP contribution in [0, 0.1) is 14.1 Å². The van der Waals surface area contributed by atoms with E-state index >= 15 is 0 Å². The molecule has 2 rings (SSSR count). The molecule has 0 N–H and O–H groups in total. The quantitative estimate of drug-likeness (QED) is 0.555. The van der Waals surface area contributed by atoms with Gasteiger partial charge in [0, 0.05) is 0 Å². The molecule has 0 heterocycles. The second-order valence-electron chi connectivity index (χ2n) is 3.88. The van der Waals surface area contributed by atoms with Crippen molar-refractivity contribution < 1.29 is 25.9 Å². The van der Waals surface area contributed by atoms with Crippen LogP contribution in [-0.2, 0) is 0 Å². The smallest absolute Gasteiger partial charge is 0.357 e. The minimum atomic E-state index is -0.0921. The highest BCUT2D eigenvalue weighted by Gasteiger charge is 2.14. The van der Waals surface area contributed by atoms with E-state index in [0.29, 0.717) is 12.5 Å². The highest BCUT2D eigenvalue weighted by atomic mass is 127. The largest absolute Gasteiger partial charge is 0.492 e. The number of aryl methyl sites for hydroxylation is 1.